The van der Waals surface area contributed by atoms with Crippen molar-refractivity contribution in [3.05, 3.63) is 82.2 Å². The summed E-state index contributed by atoms with van der Waals surface area (Å²) in [5.41, 5.74) is 3.55. The minimum absolute atomic E-state index is 0.331. The van der Waals surface area contributed by atoms with E-state index in [4.69, 9.17) is 18.9 Å². The van der Waals surface area contributed by atoms with Gasteiger partial charge in [0.2, 0.25) is 0 Å². The van der Waals surface area contributed by atoms with Gasteiger partial charge in [0, 0.05) is 11.4 Å². The molecule has 1 aliphatic rings. The normalized spacial score (nSPS) is 14.0. The summed E-state index contributed by atoms with van der Waals surface area (Å²) >= 11 is 0. The lowest BCUT2D eigenvalue weighted by molar-refractivity contribution is -0.137. The van der Waals surface area contributed by atoms with Crippen molar-refractivity contribution in [3.63, 3.8) is 0 Å². The smallest absolute Gasteiger partial charge is 0.336 e. The Hall–Kier alpha value is -3.74. The highest BCUT2D eigenvalue weighted by molar-refractivity contribution is 5.99. The van der Waals surface area contributed by atoms with Crippen LogP contribution in [0, 0.1) is 0 Å². The van der Waals surface area contributed by atoms with E-state index in [9.17, 15) is 9.59 Å². The third-order valence-corrected chi connectivity index (χ3v) is 5.33. The molecule has 2 aromatic carbocycles. The molecule has 0 spiro atoms. The molecular weight excluding hydrogens is 410 g/mol. The Labute approximate surface area is 187 Å². The number of hydrogen-bond acceptors (Lipinski definition) is 7. The summed E-state index contributed by atoms with van der Waals surface area (Å²) in [4.78, 5) is 25.4. The van der Waals surface area contributed by atoms with Crippen LogP contribution in [0.5, 0.6) is 11.5 Å². The van der Waals surface area contributed by atoms with Gasteiger partial charge in [-0.2, -0.15) is 0 Å². The molecule has 2 aromatic rings. The summed E-state index contributed by atoms with van der Waals surface area (Å²) in [5.74, 6) is -0.718. The molecule has 0 saturated heterocycles. The van der Waals surface area contributed by atoms with Crippen LogP contribution in [0.1, 0.15) is 30.9 Å². The lowest BCUT2D eigenvalue weighted by Crippen LogP contribution is -2.32. The summed E-state index contributed by atoms with van der Waals surface area (Å²) in [6, 6.07) is 15.1. The number of hydrogen-bond donors (Lipinski definition) is 1. The molecule has 0 bridgehead atoms. The fourth-order valence-corrected chi connectivity index (χ4v) is 3.81. The third kappa shape index (κ3) is 4.61. The van der Waals surface area contributed by atoms with Gasteiger partial charge in [-0.15, -0.1) is 0 Å². The molecule has 1 N–H and O–H groups in total. The van der Waals surface area contributed by atoms with Gasteiger partial charge in [-0.1, -0.05) is 36.4 Å². The van der Waals surface area contributed by atoms with E-state index in [-0.39, 0.29) is 0 Å². The number of carbonyl (C=O) groups is 2. The first-order chi connectivity index (χ1) is 15.4. The molecule has 1 aliphatic heterocycles. The van der Waals surface area contributed by atoms with Crippen LogP contribution < -0.4 is 14.8 Å². The maximum absolute atomic E-state index is 12.7. The van der Waals surface area contributed by atoms with Crippen molar-refractivity contribution in [2.75, 3.05) is 21.3 Å². The van der Waals surface area contributed by atoms with Crippen LogP contribution in [0.3, 0.4) is 0 Å². The average molecular weight is 437 g/mol. The molecule has 32 heavy (non-hydrogen) atoms. The Morgan fingerprint density at radius 1 is 0.844 bits per heavy atom. The second-order valence-corrected chi connectivity index (χ2v) is 7.30. The predicted octanol–water partition coefficient (Wildman–Crippen LogP) is 3.86. The Morgan fingerprint density at radius 2 is 1.44 bits per heavy atom. The van der Waals surface area contributed by atoms with Crippen molar-refractivity contribution >= 4 is 11.9 Å². The number of nitrogens with one attached hydrogen (secondary N) is 1. The van der Waals surface area contributed by atoms with Crippen molar-refractivity contribution in [1.82, 2.24) is 5.32 Å². The topological polar surface area (TPSA) is 83.1 Å². The molecular formula is C25H27NO6. The third-order valence-electron chi connectivity index (χ3n) is 5.33. The van der Waals surface area contributed by atoms with Crippen molar-refractivity contribution in [1.29, 1.82) is 0 Å². The van der Waals surface area contributed by atoms with E-state index < -0.39 is 17.9 Å². The summed E-state index contributed by atoms with van der Waals surface area (Å²) in [7, 11) is 4.18. The fourth-order valence-electron chi connectivity index (χ4n) is 3.81. The largest absolute Gasteiger partial charge is 0.493 e. The molecule has 168 valence electrons. The van der Waals surface area contributed by atoms with Crippen LogP contribution in [0.2, 0.25) is 0 Å². The van der Waals surface area contributed by atoms with Gasteiger partial charge < -0.3 is 24.3 Å². The minimum atomic E-state index is -0.693. The van der Waals surface area contributed by atoms with E-state index in [0.29, 0.717) is 46.2 Å². The van der Waals surface area contributed by atoms with Crippen molar-refractivity contribution in [2.24, 2.45) is 0 Å². The van der Waals surface area contributed by atoms with Gasteiger partial charge >= 0.3 is 11.9 Å². The van der Waals surface area contributed by atoms with E-state index in [1.165, 1.54) is 14.2 Å². The van der Waals surface area contributed by atoms with Gasteiger partial charge in [-0.25, -0.2) is 9.59 Å². The Kier molecular flexibility index (Phi) is 7.20. The highest BCUT2D eigenvalue weighted by Gasteiger charge is 2.38. The molecule has 0 radical (unpaired) electrons. The zero-order chi connectivity index (χ0) is 23.3. The highest BCUT2D eigenvalue weighted by Crippen LogP contribution is 2.42. The van der Waals surface area contributed by atoms with Crippen LogP contribution >= 0.6 is 0 Å². The number of esters is 2. The molecule has 0 amide bonds. The van der Waals surface area contributed by atoms with Gasteiger partial charge in [-0.3, -0.25) is 0 Å². The lowest BCUT2D eigenvalue weighted by atomic mass is 9.80. The quantitative estimate of drug-likeness (QED) is 0.659. The molecule has 0 atom stereocenters. The number of benzene rings is 2. The lowest BCUT2D eigenvalue weighted by Gasteiger charge is -2.30. The second kappa shape index (κ2) is 10.0. The van der Waals surface area contributed by atoms with Crippen molar-refractivity contribution < 1.29 is 28.5 Å². The number of ether oxygens (including phenoxy) is 4. The predicted molar refractivity (Wildman–Crippen MR) is 119 cm³/mol. The molecule has 7 heteroatoms. The van der Waals surface area contributed by atoms with E-state index in [1.807, 2.05) is 30.3 Å². The van der Waals surface area contributed by atoms with E-state index in [1.54, 1.807) is 39.2 Å². The zero-order valence-corrected chi connectivity index (χ0v) is 18.9. The number of allylic oxidation sites excluding steroid dienone is 2. The second-order valence-electron chi connectivity index (χ2n) is 7.30. The SMILES string of the molecule is COC(=O)C1=C(C)NC(C)=C(C(=O)OC)C1c1ccc(OC)c(OCc2ccccc2)c1. The van der Waals surface area contributed by atoms with Gasteiger partial charge in [0.25, 0.3) is 0 Å². The molecule has 0 fully saturated rings. The average Bonchev–Trinajstić information content (AvgIpc) is 2.81. The van der Waals surface area contributed by atoms with Crippen LogP contribution in [-0.4, -0.2) is 33.3 Å². The van der Waals surface area contributed by atoms with E-state index >= 15 is 0 Å². The Morgan fingerprint density at radius 3 is 1.97 bits per heavy atom. The van der Waals surface area contributed by atoms with Crippen LogP contribution in [0.15, 0.2) is 71.1 Å². The molecule has 0 aliphatic carbocycles. The van der Waals surface area contributed by atoms with E-state index in [0.717, 1.165) is 5.56 Å². The first-order valence-corrected chi connectivity index (χ1v) is 10.1. The van der Waals surface area contributed by atoms with Gasteiger partial charge in [0.1, 0.15) is 6.61 Å². The van der Waals surface area contributed by atoms with Crippen molar-refractivity contribution in [2.45, 2.75) is 26.4 Å². The molecule has 0 unspecified atom stereocenters. The van der Waals surface area contributed by atoms with Gasteiger partial charge in [0.05, 0.1) is 38.4 Å². The van der Waals surface area contributed by atoms with Gasteiger partial charge in [-0.05, 0) is 37.1 Å². The van der Waals surface area contributed by atoms with Crippen molar-refractivity contribution in [3.8, 4) is 11.5 Å². The summed E-state index contributed by atoms with van der Waals surface area (Å²) < 4.78 is 21.5. The van der Waals surface area contributed by atoms with Crippen LogP contribution in [-0.2, 0) is 25.7 Å². The monoisotopic (exact) mass is 437 g/mol. The number of carbonyl (C=O) groups excluding carboxylic acids is 2. The molecule has 0 saturated carbocycles. The Balaban J connectivity index is 2.09. The summed E-state index contributed by atoms with van der Waals surface area (Å²) in [6.07, 6.45) is 0. The standard InChI is InChI=1S/C25H27NO6/c1-15-21(24(27)30-4)23(22(16(2)26-15)25(28)31-5)18-11-12-19(29-3)20(13-18)32-14-17-9-7-6-8-10-17/h6-13,23,26H,14H2,1-5H3. The Bertz CT molecular complexity index is 1030. The molecule has 7 nitrogen and oxygen atoms in total. The molecule has 3 rings (SSSR count). The molecule has 1 heterocycles. The summed E-state index contributed by atoms with van der Waals surface area (Å²) in [5, 5.41) is 3.10. The maximum Gasteiger partial charge on any atom is 0.336 e. The zero-order valence-electron chi connectivity index (χ0n) is 18.9. The van der Waals surface area contributed by atoms with E-state index in [2.05, 4.69) is 5.32 Å². The maximum atomic E-state index is 12.7. The van der Waals surface area contributed by atoms with Crippen LogP contribution in [0.4, 0.5) is 0 Å². The van der Waals surface area contributed by atoms with Gasteiger partial charge in [0.15, 0.2) is 11.5 Å². The highest BCUT2D eigenvalue weighted by atomic mass is 16.5. The fraction of sp³-hybridized carbons (Fsp3) is 0.280. The molecule has 0 aromatic heterocycles. The van der Waals surface area contributed by atoms with Crippen LogP contribution in [0.25, 0.3) is 0 Å². The minimum Gasteiger partial charge on any atom is -0.493 e. The first-order valence-electron chi connectivity index (χ1n) is 10.1. The number of dihydropyridines is 1. The number of methoxy groups -OCH3 is 3. The summed E-state index contributed by atoms with van der Waals surface area (Å²) in [6.45, 7) is 3.88. The number of rotatable bonds is 7. The first kappa shape index (κ1) is 22.9.